The first kappa shape index (κ1) is 11.9. The number of rotatable bonds is 3. The van der Waals surface area contributed by atoms with Crippen LogP contribution in [0, 0.1) is 0 Å². The summed E-state index contributed by atoms with van der Waals surface area (Å²) in [5.74, 6) is 0. The zero-order chi connectivity index (χ0) is 10.8. The molecule has 14 heavy (non-hydrogen) atoms. The van der Waals surface area contributed by atoms with E-state index >= 15 is 0 Å². The normalized spacial score (nSPS) is 27.2. The third-order valence-electron chi connectivity index (χ3n) is 2.73. The minimum atomic E-state index is -0.519. The SMILES string of the molecule is CC(N)(CO)CN1CCOCC1(C)C. The van der Waals surface area contributed by atoms with Gasteiger partial charge < -0.3 is 15.6 Å². The summed E-state index contributed by atoms with van der Waals surface area (Å²) in [6.07, 6.45) is 0. The van der Waals surface area contributed by atoms with Crippen molar-refractivity contribution in [2.24, 2.45) is 5.73 Å². The molecule has 1 heterocycles. The maximum atomic E-state index is 9.11. The van der Waals surface area contributed by atoms with Gasteiger partial charge in [0.15, 0.2) is 0 Å². The Morgan fingerprint density at radius 2 is 2.21 bits per heavy atom. The summed E-state index contributed by atoms with van der Waals surface area (Å²) in [6, 6.07) is 0. The Bertz CT molecular complexity index is 193. The summed E-state index contributed by atoms with van der Waals surface area (Å²) in [5, 5.41) is 9.11. The van der Waals surface area contributed by atoms with E-state index in [1.807, 2.05) is 6.92 Å². The van der Waals surface area contributed by atoms with E-state index < -0.39 is 5.54 Å². The molecule has 4 heteroatoms. The molecule has 84 valence electrons. The van der Waals surface area contributed by atoms with Crippen molar-refractivity contribution < 1.29 is 9.84 Å². The first-order chi connectivity index (χ1) is 6.37. The lowest BCUT2D eigenvalue weighted by Crippen LogP contribution is -2.60. The summed E-state index contributed by atoms with van der Waals surface area (Å²) in [7, 11) is 0. The second-order valence-corrected chi connectivity index (χ2v) is 5.10. The van der Waals surface area contributed by atoms with Crippen molar-refractivity contribution in [3.05, 3.63) is 0 Å². The van der Waals surface area contributed by atoms with Crippen LogP contribution in [0.3, 0.4) is 0 Å². The van der Waals surface area contributed by atoms with Crippen molar-refractivity contribution in [3.8, 4) is 0 Å². The van der Waals surface area contributed by atoms with Gasteiger partial charge in [-0.15, -0.1) is 0 Å². The molecule has 1 unspecified atom stereocenters. The van der Waals surface area contributed by atoms with Crippen LogP contribution in [0.25, 0.3) is 0 Å². The molecule has 3 N–H and O–H groups in total. The van der Waals surface area contributed by atoms with Gasteiger partial charge in [0, 0.05) is 24.2 Å². The van der Waals surface area contributed by atoms with Crippen LogP contribution in [0.5, 0.6) is 0 Å². The Morgan fingerprint density at radius 1 is 1.57 bits per heavy atom. The Balaban J connectivity index is 2.58. The number of ether oxygens (including phenoxy) is 1. The van der Waals surface area contributed by atoms with E-state index in [0.29, 0.717) is 6.54 Å². The Hall–Kier alpha value is -0.160. The quantitative estimate of drug-likeness (QED) is 0.666. The molecular weight excluding hydrogens is 180 g/mol. The fraction of sp³-hybridized carbons (Fsp3) is 1.00. The highest BCUT2D eigenvalue weighted by atomic mass is 16.5. The molecule has 0 saturated carbocycles. The summed E-state index contributed by atoms with van der Waals surface area (Å²) < 4.78 is 5.42. The van der Waals surface area contributed by atoms with Crippen molar-refractivity contribution in [1.29, 1.82) is 0 Å². The molecule has 1 fully saturated rings. The first-order valence-corrected chi connectivity index (χ1v) is 5.10. The van der Waals surface area contributed by atoms with Gasteiger partial charge in [0.05, 0.1) is 19.8 Å². The van der Waals surface area contributed by atoms with Crippen LogP contribution in [-0.2, 0) is 4.74 Å². The van der Waals surface area contributed by atoms with Gasteiger partial charge in [-0.25, -0.2) is 0 Å². The van der Waals surface area contributed by atoms with Crippen LogP contribution in [0.1, 0.15) is 20.8 Å². The zero-order valence-corrected chi connectivity index (χ0v) is 9.42. The van der Waals surface area contributed by atoms with E-state index in [4.69, 9.17) is 15.6 Å². The second-order valence-electron chi connectivity index (χ2n) is 5.10. The predicted molar refractivity (Wildman–Crippen MR) is 56.1 cm³/mol. The van der Waals surface area contributed by atoms with Gasteiger partial charge in [-0.05, 0) is 20.8 Å². The molecule has 0 spiro atoms. The highest BCUT2D eigenvalue weighted by Crippen LogP contribution is 2.20. The fourth-order valence-electron chi connectivity index (χ4n) is 1.67. The molecule has 1 saturated heterocycles. The molecule has 0 radical (unpaired) electrons. The van der Waals surface area contributed by atoms with Crippen molar-refractivity contribution in [1.82, 2.24) is 4.90 Å². The number of nitrogens with zero attached hydrogens (tertiary/aromatic N) is 1. The molecule has 0 aliphatic carbocycles. The Morgan fingerprint density at radius 3 is 2.71 bits per heavy atom. The first-order valence-electron chi connectivity index (χ1n) is 5.10. The standard InChI is InChI=1S/C10H22N2O2/c1-9(2)8-14-5-4-12(9)6-10(3,11)7-13/h13H,4-8,11H2,1-3H3. The van der Waals surface area contributed by atoms with Crippen LogP contribution in [-0.4, -0.2) is 54.0 Å². The third kappa shape index (κ3) is 2.92. The number of hydrogen-bond acceptors (Lipinski definition) is 4. The molecule has 1 aliphatic heterocycles. The molecular formula is C10H22N2O2. The number of aliphatic hydroxyl groups is 1. The Kier molecular flexibility index (Phi) is 3.53. The minimum absolute atomic E-state index is 0.0143. The van der Waals surface area contributed by atoms with Gasteiger partial charge >= 0.3 is 0 Å². The third-order valence-corrected chi connectivity index (χ3v) is 2.73. The maximum Gasteiger partial charge on any atom is 0.0645 e. The van der Waals surface area contributed by atoms with E-state index in [1.165, 1.54) is 0 Å². The van der Waals surface area contributed by atoms with Gasteiger partial charge in [-0.3, -0.25) is 4.90 Å². The van der Waals surface area contributed by atoms with Gasteiger partial charge in [-0.2, -0.15) is 0 Å². The second kappa shape index (κ2) is 4.14. The van der Waals surface area contributed by atoms with E-state index in [-0.39, 0.29) is 12.1 Å². The highest BCUT2D eigenvalue weighted by Gasteiger charge is 2.34. The largest absolute Gasteiger partial charge is 0.394 e. The van der Waals surface area contributed by atoms with E-state index in [1.54, 1.807) is 0 Å². The van der Waals surface area contributed by atoms with Crippen LogP contribution < -0.4 is 5.73 Å². The lowest BCUT2D eigenvalue weighted by atomic mass is 9.97. The molecule has 1 rings (SSSR count). The average molecular weight is 202 g/mol. The van der Waals surface area contributed by atoms with Gasteiger partial charge in [-0.1, -0.05) is 0 Å². The number of aliphatic hydroxyl groups excluding tert-OH is 1. The van der Waals surface area contributed by atoms with Crippen LogP contribution >= 0.6 is 0 Å². The van der Waals surface area contributed by atoms with Gasteiger partial charge in [0.25, 0.3) is 0 Å². The summed E-state index contributed by atoms with van der Waals surface area (Å²) in [5.41, 5.74) is 5.44. The van der Waals surface area contributed by atoms with Crippen molar-refractivity contribution in [2.75, 3.05) is 32.9 Å². The molecule has 0 aromatic carbocycles. The summed E-state index contributed by atoms with van der Waals surface area (Å²) in [6.45, 7) is 9.25. The monoisotopic (exact) mass is 202 g/mol. The molecule has 0 amide bonds. The minimum Gasteiger partial charge on any atom is -0.394 e. The summed E-state index contributed by atoms with van der Waals surface area (Å²) in [4.78, 5) is 2.28. The van der Waals surface area contributed by atoms with Gasteiger partial charge in [0.1, 0.15) is 0 Å². The summed E-state index contributed by atoms with van der Waals surface area (Å²) >= 11 is 0. The molecule has 1 atom stereocenters. The molecule has 4 nitrogen and oxygen atoms in total. The Labute approximate surface area is 86.0 Å². The smallest absolute Gasteiger partial charge is 0.0645 e. The predicted octanol–water partition coefficient (Wildman–Crippen LogP) is -0.193. The lowest BCUT2D eigenvalue weighted by molar-refractivity contribution is -0.0615. The topological polar surface area (TPSA) is 58.7 Å². The number of morpholine rings is 1. The average Bonchev–Trinajstić information content (AvgIpc) is 2.09. The van der Waals surface area contributed by atoms with Crippen molar-refractivity contribution in [3.63, 3.8) is 0 Å². The maximum absolute atomic E-state index is 9.11. The molecule has 0 bridgehead atoms. The zero-order valence-electron chi connectivity index (χ0n) is 9.42. The van der Waals surface area contributed by atoms with Crippen LogP contribution in [0.4, 0.5) is 0 Å². The van der Waals surface area contributed by atoms with Crippen LogP contribution in [0.15, 0.2) is 0 Å². The van der Waals surface area contributed by atoms with E-state index in [2.05, 4.69) is 18.7 Å². The van der Waals surface area contributed by atoms with E-state index in [9.17, 15) is 0 Å². The fourth-order valence-corrected chi connectivity index (χ4v) is 1.67. The van der Waals surface area contributed by atoms with Crippen LogP contribution in [0.2, 0.25) is 0 Å². The van der Waals surface area contributed by atoms with E-state index in [0.717, 1.165) is 19.8 Å². The van der Waals surface area contributed by atoms with Crippen molar-refractivity contribution in [2.45, 2.75) is 31.8 Å². The molecule has 0 aromatic rings. The lowest BCUT2D eigenvalue weighted by Gasteiger charge is -2.45. The molecule has 1 aliphatic rings. The number of nitrogens with two attached hydrogens (primary N) is 1. The molecule has 0 aromatic heterocycles. The van der Waals surface area contributed by atoms with Gasteiger partial charge in [0.2, 0.25) is 0 Å². The number of hydrogen-bond donors (Lipinski definition) is 2. The van der Waals surface area contributed by atoms with Crippen molar-refractivity contribution >= 4 is 0 Å². The highest BCUT2D eigenvalue weighted by molar-refractivity contribution is 4.91.